The molecular formula is C45H28N4. The summed E-state index contributed by atoms with van der Waals surface area (Å²) in [5, 5.41) is 9.51. The molecule has 4 heteroatoms. The van der Waals surface area contributed by atoms with Gasteiger partial charge in [0.25, 0.3) is 0 Å². The van der Waals surface area contributed by atoms with Crippen LogP contribution in [0.2, 0.25) is 0 Å². The number of hydrogen-bond donors (Lipinski definition) is 0. The van der Waals surface area contributed by atoms with Gasteiger partial charge in [0.05, 0.1) is 28.1 Å². The van der Waals surface area contributed by atoms with Crippen LogP contribution in [-0.4, -0.2) is 19.5 Å². The third-order valence-corrected chi connectivity index (χ3v) is 9.67. The lowest BCUT2D eigenvalue weighted by Gasteiger charge is -2.18. The third kappa shape index (κ3) is 4.35. The van der Waals surface area contributed by atoms with Crippen LogP contribution in [-0.2, 0) is 0 Å². The van der Waals surface area contributed by atoms with E-state index < -0.39 is 0 Å². The topological polar surface area (TPSA) is 43.6 Å². The molecule has 10 aromatic rings. The van der Waals surface area contributed by atoms with Gasteiger partial charge in [0.2, 0.25) is 0 Å². The van der Waals surface area contributed by atoms with Crippen molar-refractivity contribution in [2.24, 2.45) is 0 Å². The SMILES string of the molecule is c1cc(-c2cccc(-n3c4ccccc4c4cnccc43)n2)nc(-c2c3ccccc3c(-c3ccc4ccccc4c3)c3ccccc23)c1. The molecule has 228 valence electrons. The summed E-state index contributed by atoms with van der Waals surface area (Å²) in [6.45, 7) is 0. The molecule has 0 atom stereocenters. The smallest absolute Gasteiger partial charge is 0.138 e. The van der Waals surface area contributed by atoms with Crippen molar-refractivity contribution >= 4 is 54.1 Å². The predicted molar refractivity (Wildman–Crippen MR) is 203 cm³/mol. The van der Waals surface area contributed by atoms with E-state index in [1.807, 2.05) is 18.5 Å². The predicted octanol–water partition coefficient (Wildman–Crippen LogP) is 11.4. The lowest BCUT2D eigenvalue weighted by atomic mass is 9.86. The van der Waals surface area contributed by atoms with Gasteiger partial charge in [0, 0.05) is 28.7 Å². The minimum atomic E-state index is 0.820. The number of nitrogens with zero attached hydrogens (tertiary/aromatic N) is 4. The highest BCUT2D eigenvalue weighted by atomic mass is 15.1. The molecule has 10 rings (SSSR count). The van der Waals surface area contributed by atoms with E-state index in [1.54, 1.807) is 0 Å². The summed E-state index contributed by atoms with van der Waals surface area (Å²) in [5.41, 5.74) is 8.32. The summed E-state index contributed by atoms with van der Waals surface area (Å²) < 4.78 is 2.21. The molecule has 0 N–H and O–H groups in total. The van der Waals surface area contributed by atoms with E-state index in [2.05, 4.69) is 161 Å². The van der Waals surface area contributed by atoms with Gasteiger partial charge in [-0.15, -0.1) is 0 Å². The molecule has 0 aliphatic rings. The van der Waals surface area contributed by atoms with E-state index in [1.165, 1.54) is 43.4 Å². The molecule has 0 saturated carbocycles. The van der Waals surface area contributed by atoms with E-state index in [4.69, 9.17) is 9.97 Å². The van der Waals surface area contributed by atoms with Crippen LogP contribution >= 0.6 is 0 Å². The Hall–Kier alpha value is -6.65. The van der Waals surface area contributed by atoms with Gasteiger partial charge in [0.15, 0.2) is 0 Å². The monoisotopic (exact) mass is 624 g/mol. The summed E-state index contributed by atoms with van der Waals surface area (Å²) in [6.07, 6.45) is 3.77. The summed E-state index contributed by atoms with van der Waals surface area (Å²) >= 11 is 0. The molecule has 6 aromatic carbocycles. The molecule has 0 spiro atoms. The second-order valence-electron chi connectivity index (χ2n) is 12.4. The number of aromatic nitrogens is 4. The zero-order valence-electron chi connectivity index (χ0n) is 26.5. The molecule has 4 nitrogen and oxygen atoms in total. The highest BCUT2D eigenvalue weighted by molar-refractivity contribution is 6.21. The Balaban J connectivity index is 1.16. The van der Waals surface area contributed by atoms with E-state index >= 15 is 0 Å². The van der Waals surface area contributed by atoms with Crippen LogP contribution in [0.3, 0.4) is 0 Å². The van der Waals surface area contributed by atoms with Crippen LogP contribution < -0.4 is 0 Å². The Kier molecular flexibility index (Phi) is 6.15. The van der Waals surface area contributed by atoms with Crippen molar-refractivity contribution in [1.29, 1.82) is 0 Å². The lowest BCUT2D eigenvalue weighted by Crippen LogP contribution is -1.99. The molecule has 0 radical (unpaired) electrons. The quantitative estimate of drug-likeness (QED) is 0.183. The fourth-order valence-corrected chi connectivity index (χ4v) is 7.53. The zero-order valence-corrected chi connectivity index (χ0v) is 26.5. The normalized spacial score (nSPS) is 11.7. The fourth-order valence-electron chi connectivity index (χ4n) is 7.53. The van der Waals surface area contributed by atoms with E-state index in [-0.39, 0.29) is 0 Å². The maximum Gasteiger partial charge on any atom is 0.138 e. The fraction of sp³-hybridized carbons (Fsp3) is 0. The van der Waals surface area contributed by atoms with Crippen LogP contribution in [0, 0.1) is 0 Å². The van der Waals surface area contributed by atoms with Gasteiger partial charge < -0.3 is 0 Å². The van der Waals surface area contributed by atoms with Gasteiger partial charge in [0.1, 0.15) is 5.82 Å². The molecule has 0 fully saturated rings. The molecule has 0 unspecified atom stereocenters. The highest BCUT2D eigenvalue weighted by Crippen LogP contribution is 2.44. The zero-order chi connectivity index (χ0) is 32.3. The number of para-hydroxylation sites is 1. The van der Waals surface area contributed by atoms with Crippen molar-refractivity contribution in [3.63, 3.8) is 0 Å². The van der Waals surface area contributed by atoms with Crippen molar-refractivity contribution in [3.8, 4) is 39.6 Å². The summed E-state index contributed by atoms with van der Waals surface area (Å²) in [4.78, 5) is 14.9. The van der Waals surface area contributed by atoms with Crippen molar-refractivity contribution < 1.29 is 0 Å². The van der Waals surface area contributed by atoms with Gasteiger partial charge in [-0.25, -0.2) is 9.97 Å². The maximum absolute atomic E-state index is 5.32. The molecule has 4 aromatic heterocycles. The second kappa shape index (κ2) is 11.0. The standard InChI is InChI=1S/C45H28N4/c1-2-12-30-27-31(24-23-29(30)11-1)44-33-14-3-5-16-35(33)45(36-17-6-4-15-34(36)44)40-20-9-18-38(47-40)39-19-10-22-43(48-39)49-41-21-8-7-13-32(41)37-28-46-26-25-42(37)49/h1-28H. The largest absolute Gasteiger partial charge is 0.294 e. The highest BCUT2D eigenvalue weighted by Gasteiger charge is 2.19. The minimum absolute atomic E-state index is 0.820. The van der Waals surface area contributed by atoms with E-state index in [0.29, 0.717) is 0 Å². The first kappa shape index (κ1) is 27.5. The van der Waals surface area contributed by atoms with Crippen molar-refractivity contribution in [1.82, 2.24) is 19.5 Å². The van der Waals surface area contributed by atoms with Crippen molar-refractivity contribution in [2.75, 3.05) is 0 Å². The average molecular weight is 625 g/mol. The Labute approximate surface area is 282 Å². The number of benzene rings is 6. The summed E-state index contributed by atoms with van der Waals surface area (Å²) in [5.74, 6) is 0.845. The summed E-state index contributed by atoms with van der Waals surface area (Å²) in [7, 11) is 0. The van der Waals surface area contributed by atoms with Crippen molar-refractivity contribution in [2.45, 2.75) is 0 Å². The van der Waals surface area contributed by atoms with Crippen LogP contribution in [0.1, 0.15) is 0 Å². The van der Waals surface area contributed by atoms with Gasteiger partial charge in [-0.05, 0) is 85.9 Å². The Morgan fingerprint density at radius 2 is 0.980 bits per heavy atom. The van der Waals surface area contributed by atoms with Gasteiger partial charge in [-0.1, -0.05) is 115 Å². The molecule has 0 aliphatic carbocycles. The minimum Gasteiger partial charge on any atom is -0.294 e. The molecule has 4 heterocycles. The van der Waals surface area contributed by atoms with Crippen LogP contribution in [0.15, 0.2) is 170 Å². The molecule has 0 bridgehead atoms. The molecular weight excluding hydrogens is 597 g/mol. The summed E-state index contributed by atoms with van der Waals surface area (Å²) in [6, 6.07) is 55.7. The van der Waals surface area contributed by atoms with Crippen LogP contribution in [0.5, 0.6) is 0 Å². The third-order valence-electron chi connectivity index (χ3n) is 9.67. The first-order chi connectivity index (χ1) is 24.3. The lowest BCUT2D eigenvalue weighted by molar-refractivity contribution is 1.08. The van der Waals surface area contributed by atoms with Crippen molar-refractivity contribution in [3.05, 3.63) is 170 Å². The van der Waals surface area contributed by atoms with Crippen LogP contribution in [0.25, 0.3) is 93.7 Å². The Bertz CT molecular complexity index is 2790. The van der Waals surface area contributed by atoms with E-state index in [0.717, 1.165) is 50.3 Å². The Morgan fingerprint density at radius 1 is 0.388 bits per heavy atom. The Morgan fingerprint density at radius 3 is 1.76 bits per heavy atom. The number of rotatable bonds is 4. The second-order valence-corrected chi connectivity index (χ2v) is 12.4. The molecule has 0 amide bonds. The van der Waals surface area contributed by atoms with Gasteiger partial charge >= 0.3 is 0 Å². The van der Waals surface area contributed by atoms with Gasteiger partial charge in [-0.3, -0.25) is 9.55 Å². The molecule has 0 saturated heterocycles. The average Bonchev–Trinajstić information content (AvgIpc) is 3.51. The number of hydrogen-bond acceptors (Lipinski definition) is 3. The number of fused-ring (bicyclic) bond motifs is 6. The first-order valence-electron chi connectivity index (χ1n) is 16.5. The van der Waals surface area contributed by atoms with Gasteiger partial charge in [-0.2, -0.15) is 0 Å². The van der Waals surface area contributed by atoms with E-state index in [9.17, 15) is 0 Å². The van der Waals surface area contributed by atoms with Crippen LogP contribution in [0.4, 0.5) is 0 Å². The first-order valence-corrected chi connectivity index (χ1v) is 16.5. The molecule has 49 heavy (non-hydrogen) atoms. The number of pyridine rings is 3. The maximum atomic E-state index is 5.32. The molecule has 0 aliphatic heterocycles.